The molecule has 2 aliphatic rings. The van der Waals surface area contributed by atoms with Crippen molar-refractivity contribution in [1.82, 2.24) is 4.98 Å². The zero-order chi connectivity index (χ0) is 13.4. The lowest BCUT2D eigenvalue weighted by Crippen LogP contribution is -2.22. The van der Waals surface area contributed by atoms with Crippen LogP contribution in [0.15, 0.2) is 54.7 Å². The first-order valence-electron chi connectivity index (χ1n) is 7.67. The van der Waals surface area contributed by atoms with E-state index in [4.69, 9.17) is 0 Å². The maximum absolute atomic E-state index is 4.62. The highest BCUT2D eigenvalue weighted by Crippen LogP contribution is 2.61. The summed E-state index contributed by atoms with van der Waals surface area (Å²) in [6.07, 6.45) is 8.64. The number of nitrogens with zero attached hydrogens (tertiary/aromatic N) is 2. The van der Waals surface area contributed by atoms with Crippen LogP contribution in [0.3, 0.4) is 0 Å². The molecule has 1 saturated carbocycles. The zero-order valence-corrected chi connectivity index (χ0v) is 11.7. The van der Waals surface area contributed by atoms with Gasteiger partial charge in [0.05, 0.1) is 17.3 Å². The van der Waals surface area contributed by atoms with E-state index in [1.54, 1.807) is 0 Å². The minimum Gasteiger partial charge on any atom is -0.352 e. The summed E-state index contributed by atoms with van der Waals surface area (Å²) in [5.41, 5.74) is 2.93. The molecule has 1 aromatic carbocycles. The van der Waals surface area contributed by atoms with E-state index < -0.39 is 0 Å². The van der Waals surface area contributed by atoms with Crippen molar-refractivity contribution in [2.45, 2.75) is 43.7 Å². The fourth-order valence-electron chi connectivity index (χ4n) is 3.99. The summed E-state index contributed by atoms with van der Waals surface area (Å²) >= 11 is 0. The number of anilines is 1. The highest BCUT2D eigenvalue weighted by atomic mass is 15.4. The van der Waals surface area contributed by atoms with E-state index in [2.05, 4.69) is 52.3 Å². The molecule has 102 valence electrons. The normalized spacial score (nSPS) is 23.8. The molecule has 2 heterocycles. The van der Waals surface area contributed by atoms with Crippen LogP contribution in [0.4, 0.5) is 5.69 Å². The Morgan fingerprint density at radius 2 is 1.65 bits per heavy atom. The van der Waals surface area contributed by atoms with Crippen molar-refractivity contribution in [1.29, 1.82) is 0 Å². The first-order valence-corrected chi connectivity index (χ1v) is 7.67. The average Bonchev–Trinajstić information content (AvgIpc) is 3.17. The van der Waals surface area contributed by atoms with Crippen LogP contribution in [0.25, 0.3) is 0 Å². The predicted octanol–water partition coefficient (Wildman–Crippen LogP) is 4.35. The minimum atomic E-state index is 0.341. The van der Waals surface area contributed by atoms with Gasteiger partial charge in [-0.25, -0.2) is 0 Å². The molecular formula is C18H20N2. The molecule has 1 spiro atoms. The molecule has 4 rings (SSSR count). The van der Waals surface area contributed by atoms with Crippen LogP contribution in [-0.4, -0.2) is 10.5 Å². The summed E-state index contributed by atoms with van der Waals surface area (Å²) in [5, 5.41) is 0. The molecule has 2 fully saturated rings. The zero-order valence-electron chi connectivity index (χ0n) is 11.7. The van der Waals surface area contributed by atoms with E-state index in [-0.39, 0.29) is 0 Å². The summed E-state index contributed by atoms with van der Waals surface area (Å²) in [4.78, 5) is 7.23. The molecule has 20 heavy (non-hydrogen) atoms. The van der Waals surface area contributed by atoms with Gasteiger partial charge in [0.2, 0.25) is 0 Å². The summed E-state index contributed by atoms with van der Waals surface area (Å²) in [5.74, 6) is 0. The molecule has 0 amide bonds. The minimum absolute atomic E-state index is 0.341. The Bertz CT molecular complexity index is 525. The van der Waals surface area contributed by atoms with E-state index >= 15 is 0 Å². The second-order valence-electron chi connectivity index (χ2n) is 6.03. The van der Waals surface area contributed by atoms with E-state index in [0.717, 1.165) is 0 Å². The van der Waals surface area contributed by atoms with Crippen LogP contribution < -0.4 is 4.90 Å². The maximum atomic E-state index is 4.62. The fraction of sp³-hybridized carbons (Fsp3) is 0.389. The van der Waals surface area contributed by atoms with Gasteiger partial charge in [-0.05, 0) is 37.1 Å². The second kappa shape index (κ2) is 4.62. The van der Waals surface area contributed by atoms with Crippen molar-refractivity contribution in [3.05, 3.63) is 60.4 Å². The molecule has 0 unspecified atom stereocenters. The predicted molar refractivity (Wildman–Crippen MR) is 81.7 cm³/mol. The van der Waals surface area contributed by atoms with Crippen LogP contribution >= 0.6 is 0 Å². The first-order chi connectivity index (χ1) is 9.92. The monoisotopic (exact) mass is 264 g/mol. The van der Waals surface area contributed by atoms with E-state index in [0.29, 0.717) is 11.6 Å². The number of hydrogen-bond donors (Lipinski definition) is 0. The summed E-state index contributed by atoms with van der Waals surface area (Å²) < 4.78 is 0. The molecule has 1 aromatic heterocycles. The Balaban J connectivity index is 1.73. The molecule has 1 aliphatic carbocycles. The molecule has 1 atom stereocenters. The molecule has 2 nitrogen and oxygen atoms in total. The van der Waals surface area contributed by atoms with Gasteiger partial charge in [-0.2, -0.15) is 0 Å². The van der Waals surface area contributed by atoms with Gasteiger partial charge < -0.3 is 4.90 Å². The third-order valence-corrected chi connectivity index (χ3v) is 4.90. The van der Waals surface area contributed by atoms with Crippen molar-refractivity contribution < 1.29 is 0 Å². The smallest absolute Gasteiger partial charge is 0.0951 e. The molecule has 1 aliphatic heterocycles. The SMILES string of the molecule is c1ccc(N2[C@H](c3ccccn3)C23CCCCC3)cc1. The quantitative estimate of drug-likeness (QED) is 0.750. The van der Waals surface area contributed by atoms with Gasteiger partial charge in [0.15, 0.2) is 0 Å². The number of benzene rings is 1. The summed E-state index contributed by atoms with van der Waals surface area (Å²) in [7, 11) is 0. The van der Waals surface area contributed by atoms with E-state index in [1.807, 2.05) is 12.3 Å². The Morgan fingerprint density at radius 3 is 2.35 bits per heavy atom. The number of hydrogen-bond acceptors (Lipinski definition) is 2. The number of para-hydroxylation sites is 1. The first kappa shape index (κ1) is 12.0. The highest BCUT2D eigenvalue weighted by Gasteiger charge is 2.63. The van der Waals surface area contributed by atoms with Gasteiger partial charge in [-0.3, -0.25) is 4.98 Å². The molecule has 2 aromatic rings. The van der Waals surface area contributed by atoms with E-state index in [9.17, 15) is 0 Å². The van der Waals surface area contributed by atoms with Crippen LogP contribution in [-0.2, 0) is 0 Å². The lowest BCUT2D eigenvalue weighted by molar-refractivity contribution is 0.407. The maximum Gasteiger partial charge on any atom is 0.0951 e. The van der Waals surface area contributed by atoms with Gasteiger partial charge in [-0.15, -0.1) is 0 Å². The summed E-state index contributed by atoms with van der Waals surface area (Å²) in [6.45, 7) is 0. The number of rotatable bonds is 2. The lowest BCUT2D eigenvalue weighted by Gasteiger charge is -2.22. The fourth-order valence-corrected chi connectivity index (χ4v) is 3.99. The Kier molecular flexibility index (Phi) is 2.76. The lowest BCUT2D eigenvalue weighted by atomic mass is 9.85. The van der Waals surface area contributed by atoms with Gasteiger partial charge >= 0.3 is 0 Å². The van der Waals surface area contributed by atoms with Crippen molar-refractivity contribution >= 4 is 5.69 Å². The Labute approximate surface area is 120 Å². The number of aromatic nitrogens is 1. The molecule has 1 saturated heterocycles. The van der Waals surface area contributed by atoms with Gasteiger partial charge in [0.25, 0.3) is 0 Å². The van der Waals surface area contributed by atoms with Crippen LogP contribution in [0, 0.1) is 0 Å². The van der Waals surface area contributed by atoms with Gasteiger partial charge in [-0.1, -0.05) is 43.5 Å². The third-order valence-electron chi connectivity index (χ3n) is 4.90. The molecule has 0 N–H and O–H groups in total. The molecule has 2 heteroatoms. The van der Waals surface area contributed by atoms with Crippen LogP contribution in [0.2, 0.25) is 0 Å². The third kappa shape index (κ3) is 1.75. The van der Waals surface area contributed by atoms with Gasteiger partial charge in [0, 0.05) is 11.9 Å². The van der Waals surface area contributed by atoms with Crippen molar-refractivity contribution in [3.8, 4) is 0 Å². The molecule has 0 radical (unpaired) electrons. The van der Waals surface area contributed by atoms with Crippen LogP contribution in [0.5, 0.6) is 0 Å². The van der Waals surface area contributed by atoms with Crippen molar-refractivity contribution in [2.24, 2.45) is 0 Å². The van der Waals surface area contributed by atoms with E-state index in [1.165, 1.54) is 43.5 Å². The highest BCUT2D eigenvalue weighted by molar-refractivity contribution is 5.62. The topological polar surface area (TPSA) is 15.9 Å². The largest absolute Gasteiger partial charge is 0.352 e. The molecular weight excluding hydrogens is 244 g/mol. The van der Waals surface area contributed by atoms with Crippen molar-refractivity contribution in [2.75, 3.05) is 4.90 Å². The average molecular weight is 264 g/mol. The van der Waals surface area contributed by atoms with Crippen molar-refractivity contribution in [3.63, 3.8) is 0 Å². The van der Waals surface area contributed by atoms with Crippen LogP contribution in [0.1, 0.15) is 43.8 Å². The summed E-state index contributed by atoms with van der Waals surface area (Å²) in [6, 6.07) is 17.6. The van der Waals surface area contributed by atoms with Gasteiger partial charge in [0.1, 0.15) is 0 Å². The number of pyridine rings is 1. The standard InChI is InChI=1S/C18H20N2/c1-3-9-15(10-4-1)20-17(16-11-5-8-14-19-16)18(20)12-6-2-7-13-18/h1,3-5,8-11,14,17H,2,6-7,12-13H2/t17-,20?/m1/s1. The molecule has 0 bridgehead atoms. The Hall–Kier alpha value is -1.83. The Morgan fingerprint density at radius 1 is 0.900 bits per heavy atom. The second-order valence-corrected chi connectivity index (χ2v) is 6.03.